The summed E-state index contributed by atoms with van der Waals surface area (Å²) in [5, 5.41) is 3.37. The van der Waals surface area contributed by atoms with Crippen molar-refractivity contribution >= 4 is 17.5 Å². The molecule has 0 amide bonds. The maximum absolute atomic E-state index is 6.12. The molecule has 0 atom stereocenters. The fraction of sp³-hybridized carbons (Fsp3) is 0.733. The average molecular weight is 284 g/mol. The zero-order valence-corrected chi connectivity index (χ0v) is 13.5. The molecule has 0 aliphatic rings. The summed E-state index contributed by atoms with van der Waals surface area (Å²) in [6.07, 6.45) is 2.12. The molecule has 0 aliphatic carbocycles. The second-order valence-corrected chi connectivity index (χ2v) is 5.87. The third-order valence-corrected chi connectivity index (χ3v) is 4.44. The smallest absolute Gasteiger partial charge is 0.223 e. The van der Waals surface area contributed by atoms with Crippen molar-refractivity contribution in [1.82, 2.24) is 9.97 Å². The van der Waals surface area contributed by atoms with E-state index in [9.17, 15) is 0 Å². The molecule has 0 aromatic carbocycles. The highest BCUT2D eigenvalue weighted by molar-refractivity contribution is 6.18. The first-order chi connectivity index (χ1) is 8.96. The molecule has 1 N–H and O–H groups in total. The van der Waals surface area contributed by atoms with Gasteiger partial charge in [0.2, 0.25) is 5.95 Å². The monoisotopic (exact) mass is 283 g/mol. The molecule has 1 heterocycles. The lowest BCUT2D eigenvalue weighted by Crippen LogP contribution is -2.31. The maximum Gasteiger partial charge on any atom is 0.223 e. The highest BCUT2D eigenvalue weighted by Crippen LogP contribution is 2.28. The Morgan fingerprint density at radius 2 is 1.89 bits per heavy atom. The van der Waals surface area contributed by atoms with E-state index in [1.54, 1.807) is 0 Å². The zero-order chi connectivity index (χ0) is 14.5. The summed E-state index contributed by atoms with van der Waals surface area (Å²) < 4.78 is 0. The molecule has 19 heavy (non-hydrogen) atoms. The number of hydrogen-bond donors (Lipinski definition) is 1. The highest BCUT2D eigenvalue weighted by atomic mass is 35.5. The van der Waals surface area contributed by atoms with Gasteiger partial charge in [-0.3, -0.25) is 0 Å². The minimum absolute atomic E-state index is 0.132. The van der Waals surface area contributed by atoms with Crippen LogP contribution >= 0.6 is 11.6 Å². The third kappa shape index (κ3) is 4.34. The summed E-state index contributed by atoms with van der Waals surface area (Å²) >= 11 is 6.12. The molecule has 1 aromatic rings. The maximum atomic E-state index is 6.12. The van der Waals surface area contributed by atoms with E-state index in [4.69, 9.17) is 11.6 Å². The minimum atomic E-state index is 0.132. The first kappa shape index (κ1) is 16.2. The Morgan fingerprint density at radius 1 is 1.26 bits per heavy atom. The molecule has 0 unspecified atom stereocenters. The van der Waals surface area contributed by atoms with Crippen LogP contribution in [-0.4, -0.2) is 22.4 Å². The Hall–Kier alpha value is -0.830. The Labute approximate surface area is 122 Å². The molecule has 0 bridgehead atoms. The normalized spacial score (nSPS) is 11.9. The van der Waals surface area contributed by atoms with Gasteiger partial charge in [-0.2, -0.15) is 0 Å². The number of aryl methyl sites for hydroxylation is 1. The van der Waals surface area contributed by atoms with Crippen LogP contribution in [0.25, 0.3) is 0 Å². The fourth-order valence-electron chi connectivity index (χ4n) is 1.97. The van der Waals surface area contributed by atoms with Crippen molar-refractivity contribution < 1.29 is 0 Å². The van der Waals surface area contributed by atoms with E-state index in [1.165, 1.54) is 0 Å². The molecule has 1 aromatic heterocycles. The number of rotatable bonds is 7. The van der Waals surface area contributed by atoms with Gasteiger partial charge in [0.15, 0.2) is 0 Å². The van der Waals surface area contributed by atoms with Crippen molar-refractivity contribution in [2.75, 3.05) is 17.7 Å². The number of aromatic nitrogens is 2. The number of alkyl halides is 1. The molecule has 0 fully saturated rings. The zero-order valence-electron chi connectivity index (χ0n) is 12.8. The van der Waals surface area contributed by atoms with Crippen LogP contribution in [-0.2, 0) is 0 Å². The van der Waals surface area contributed by atoms with Crippen molar-refractivity contribution in [3.63, 3.8) is 0 Å². The van der Waals surface area contributed by atoms with E-state index in [1.807, 2.05) is 13.0 Å². The molecule has 4 heteroatoms. The van der Waals surface area contributed by atoms with E-state index in [0.29, 0.717) is 11.8 Å². The topological polar surface area (TPSA) is 37.8 Å². The van der Waals surface area contributed by atoms with E-state index in [2.05, 4.69) is 43.0 Å². The van der Waals surface area contributed by atoms with Crippen LogP contribution in [0.2, 0.25) is 0 Å². The first-order valence-electron chi connectivity index (χ1n) is 7.11. The van der Waals surface area contributed by atoms with Crippen molar-refractivity contribution in [2.24, 2.45) is 5.41 Å². The lowest BCUT2D eigenvalue weighted by Gasteiger charge is -2.29. The first-order valence-corrected chi connectivity index (χ1v) is 7.65. The van der Waals surface area contributed by atoms with Crippen LogP contribution in [0.1, 0.15) is 57.8 Å². The summed E-state index contributed by atoms with van der Waals surface area (Å²) in [5.41, 5.74) is 2.22. The minimum Gasteiger partial charge on any atom is -0.354 e. The molecule has 0 saturated carbocycles. The SMILES string of the molecule is CCC(CC)(CCl)CNc1nc(C)cc(C(C)C)n1. The molecule has 0 radical (unpaired) electrons. The van der Waals surface area contributed by atoms with Crippen LogP contribution < -0.4 is 5.32 Å². The van der Waals surface area contributed by atoms with Crippen molar-refractivity contribution in [2.45, 2.75) is 53.4 Å². The highest BCUT2D eigenvalue weighted by Gasteiger charge is 2.25. The summed E-state index contributed by atoms with van der Waals surface area (Å²) in [6, 6.07) is 2.05. The molecular formula is C15H26ClN3. The van der Waals surface area contributed by atoms with E-state index in [0.717, 1.165) is 36.7 Å². The lowest BCUT2D eigenvalue weighted by atomic mass is 9.84. The molecule has 0 saturated heterocycles. The van der Waals surface area contributed by atoms with Crippen LogP contribution in [0, 0.1) is 12.3 Å². The van der Waals surface area contributed by atoms with Crippen LogP contribution in [0.3, 0.4) is 0 Å². The van der Waals surface area contributed by atoms with E-state index >= 15 is 0 Å². The van der Waals surface area contributed by atoms with Crippen molar-refractivity contribution in [3.8, 4) is 0 Å². The predicted molar refractivity (Wildman–Crippen MR) is 83.1 cm³/mol. The Balaban J connectivity index is 2.82. The second-order valence-electron chi connectivity index (χ2n) is 5.61. The van der Waals surface area contributed by atoms with Crippen LogP contribution in [0.5, 0.6) is 0 Å². The number of anilines is 1. The van der Waals surface area contributed by atoms with Gasteiger partial charge in [-0.05, 0) is 31.7 Å². The summed E-state index contributed by atoms with van der Waals surface area (Å²) in [6.45, 7) is 11.5. The molecule has 3 nitrogen and oxygen atoms in total. The fourth-order valence-corrected chi connectivity index (χ4v) is 2.44. The van der Waals surface area contributed by atoms with Gasteiger partial charge in [0, 0.05) is 29.2 Å². The quantitative estimate of drug-likeness (QED) is 0.755. The predicted octanol–water partition coefficient (Wildman–Crippen LogP) is 4.37. The van der Waals surface area contributed by atoms with E-state index < -0.39 is 0 Å². The molecule has 108 valence electrons. The second kappa shape index (κ2) is 7.09. The molecule has 0 aliphatic heterocycles. The van der Waals surface area contributed by atoms with E-state index in [-0.39, 0.29) is 5.41 Å². The largest absolute Gasteiger partial charge is 0.354 e. The van der Waals surface area contributed by atoms with Gasteiger partial charge in [-0.15, -0.1) is 11.6 Å². The van der Waals surface area contributed by atoms with Crippen LogP contribution in [0.4, 0.5) is 5.95 Å². The Morgan fingerprint density at radius 3 is 2.37 bits per heavy atom. The van der Waals surface area contributed by atoms with Gasteiger partial charge >= 0.3 is 0 Å². The number of nitrogens with one attached hydrogen (secondary N) is 1. The summed E-state index contributed by atoms with van der Waals surface area (Å²) in [4.78, 5) is 9.03. The van der Waals surface area contributed by atoms with Gasteiger partial charge in [0.25, 0.3) is 0 Å². The van der Waals surface area contributed by atoms with Crippen molar-refractivity contribution in [3.05, 3.63) is 17.5 Å². The molecular weight excluding hydrogens is 258 g/mol. The standard InChI is InChI=1S/C15H26ClN3/c1-6-15(7-2,9-16)10-17-14-18-12(5)8-13(19-14)11(3)4/h8,11H,6-7,9-10H2,1-5H3,(H,17,18,19). The summed E-state index contributed by atoms with van der Waals surface area (Å²) in [5.74, 6) is 1.80. The number of hydrogen-bond acceptors (Lipinski definition) is 3. The number of halogens is 1. The molecule has 0 spiro atoms. The van der Waals surface area contributed by atoms with Gasteiger partial charge in [-0.25, -0.2) is 9.97 Å². The van der Waals surface area contributed by atoms with Gasteiger partial charge < -0.3 is 5.32 Å². The van der Waals surface area contributed by atoms with Crippen molar-refractivity contribution in [1.29, 1.82) is 0 Å². The molecule has 1 rings (SSSR count). The van der Waals surface area contributed by atoms with Gasteiger partial charge in [0.1, 0.15) is 0 Å². The lowest BCUT2D eigenvalue weighted by molar-refractivity contribution is 0.326. The Bertz CT molecular complexity index is 392. The van der Waals surface area contributed by atoms with Gasteiger partial charge in [0.05, 0.1) is 0 Å². The van der Waals surface area contributed by atoms with Crippen LogP contribution in [0.15, 0.2) is 6.07 Å². The third-order valence-electron chi connectivity index (χ3n) is 3.87. The summed E-state index contributed by atoms with van der Waals surface area (Å²) in [7, 11) is 0. The average Bonchev–Trinajstić information content (AvgIpc) is 2.40. The number of nitrogens with zero attached hydrogens (tertiary/aromatic N) is 2. The van der Waals surface area contributed by atoms with Gasteiger partial charge in [-0.1, -0.05) is 27.7 Å². The Kier molecular flexibility index (Phi) is 6.05.